The van der Waals surface area contributed by atoms with Gasteiger partial charge in [0.05, 0.1) is 12.0 Å². The molecule has 1 rings (SSSR count). The van der Waals surface area contributed by atoms with Crippen LogP contribution in [0, 0.1) is 10.1 Å². The highest BCUT2D eigenvalue weighted by molar-refractivity contribution is 5.87. The number of ether oxygens (including phenoxy) is 1. The van der Waals surface area contributed by atoms with Gasteiger partial charge in [-0.05, 0) is 24.1 Å². The van der Waals surface area contributed by atoms with Crippen molar-refractivity contribution in [2.75, 3.05) is 19.0 Å². The van der Waals surface area contributed by atoms with E-state index in [4.69, 9.17) is 5.11 Å². The molecule has 0 amide bonds. The minimum atomic E-state index is -4.74. The van der Waals surface area contributed by atoms with Gasteiger partial charge in [0, 0.05) is 18.7 Å². The van der Waals surface area contributed by atoms with Crippen LogP contribution >= 0.6 is 0 Å². The summed E-state index contributed by atoms with van der Waals surface area (Å²) >= 11 is 0. The first kappa shape index (κ1) is 19.4. The second-order valence-electron chi connectivity index (χ2n) is 4.66. The third-order valence-corrected chi connectivity index (χ3v) is 2.94. The largest absolute Gasteiger partial charge is 0.466 e. The molecule has 0 saturated heterocycles. The van der Waals surface area contributed by atoms with E-state index < -0.39 is 29.6 Å². The first-order valence-electron chi connectivity index (χ1n) is 6.68. The van der Waals surface area contributed by atoms with Gasteiger partial charge in [-0.1, -0.05) is 6.07 Å². The molecule has 1 atom stereocenters. The lowest BCUT2D eigenvalue weighted by Crippen LogP contribution is -2.30. The van der Waals surface area contributed by atoms with Crippen molar-refractivity contribution in [3.8, 4) is 0 Å². The van der Waals surface area contributed by atoms with Crippen LogP contribution in [0.5, 0.6) is 0 Å². The van der Waals surface area contributed by atoms with Gasteiger partial charge < -0.3 is 15.2 Å². The van der Waals surface area contributed by atoms with Gasteiger partial charge in [0.15, 0.2) is 6.10 Å². The quantitative estimate of drug-likeness (QED) is 0.340. The predicted octanol–water partition coefficient (Wildman–Crippen LogP) is 2.51. The van der Waals surface area contributed by atoms with Crippen LogP contribution in [-0.2, 0) is 9.53 Å². The van der Waals surface area contributed by atoms with Gasteiger partial charge in [-0.15, -0.1) is 0 Å². The molecule has 0 saturated carbocycles. The van der Waals surface area contributed by atoms with E-state index in [1.165, 1.54) is 25.3 Å². The molecule has 0 spiro atoms. The smallest absolute Gasteiger partial charge is 0.414 e. The minimum Gasteiger partial charge on any atom is -0.466 e. The number of alkyl halides is 3. The molecule has 0 aliphatic rings. The van der Waals surface area contributed by atoms with Gasteiger partial charge in [0.2, 0.25) is 0 Å². The Balaban J connectivity index is 2.83. The van der Waals surface area contributed by atoms with Crippen LogP contribution in [0.25, 0.3) is 6.08 Å². The van der Waals surface area contributed by atoms with Crippen LogP contribution < -0.4 is 5.32 Å². The van der Waals surface area contributed by atoms with Crippen molar-refractivity contribution in [1.82, 2.24) is 0 Å². The van der Waals surface area contributed by atoms with E-state index in [1.54, 1.807) is 0 Å². The maximum atomic E-state index is 12.2. The third kappa shape index (κ3) is 5.88. The minimum absolute atomic E-state index is 0.00425. The third-order valence-electron chi connectivity index (χ3n) is 2.94. The fraction of sp³-hybridized carbons (Fsp3) is 0.357. The number of anilines is 1. The van der Waals surface area contributed by atoms with Crippen LogP contribution in [0.1, 0.15) is 12.0 Å². The molecule has 24 heavy (non-hydrogen) atoms. The van der Waals surface area contributed by atoms with Crippen molar-refractivity contribution in [2.24, 2.45) is 0 Å². The summed E-state index contributed by atoms with van der Waals surface area (Å²) in [5.74, 6) is -0.638. The predicted molar refractivity (Wildman–Crippen MR) is 79.3 cm³/mol. The van der Waals surface area contributed by atoms with Crippen molar-refractivity contribution >= 4 is 23.4 Å². The van der Waals surface area contributed by atoms with Gasteiger partial charge >= 0.3 is 12.1 Å². The molecule has 0 radical (unpaired) electrons. The van der Waals surface area contributed by atoms with Crippen LogP contribution in [0.2, 0.25) is 0 Å². The Morgan fingerprint density at radius 2 is 2.17 bits per heavy atom. The maximum Gasteiger partial charge on any atom is 0.414 e. The molecule has 0 aromatic heterocycles. The van der Waals surface area contributed by atoms with Crippen molar-refractivity contribution in [3.63, 3.8) is 0 Å². The lowest BCUT2D eigenvalue weighted by atomic mass is 10.1. The summed E-state index contributed by atoms with van der Waals surface area (Å²) < 4.78 is 40.9. The number of aliphatic hydroxyl groups excluding tert-OH is 1. The summed E-state index contributed by atoms with van der Waals surface area (Å²) in [6, 6.07) is 3.89. The highest BCUT2D eigenvalue weighted by atomic mass is 19.4. The van der Waals surface area contributed by atoms with E-state index in [1.807, 2.05) is 0 Å². The van der Waals surface area contributed by atoms with Crippen molar-refractivity contribution in [2.45, 2.75) is 18.7 Å². The molecule has 0 aliphatic heterocycles. The first-order valence-corrected chi connectivity index (χ1v) is 6.68. The number of halogens is 3. The summed E-state index contributed by atoms with van der Waals surface area (Å²) in [5, 5.41) is 22.4. The number of aliphatic hydroxyl groups is 1. The number of methoxy groups -OCH3 is 1. The monoisotopic (exact) mass is 348 g/mol. The second-order valence-corrected chi connectivity index (χ2v) is 4.66. The maximum absolute atomic E-state index is 12.2. The number of nitro groups is 1. The molecule has 132 valence electrons. The summed E-state index contributed by atoms with van der Waals surface area (Å²) in [6.07, 6.45) is -5.52. The van der Waals surface area contributed by atoms with E-state index in [0.717, 1.165) is 12.1 Å². The molecule has 1 aromatic carbocycles. The van der Waals surface area contributed by atoms with Crippen LogP contribution in [0.3, 0.4) is 0 Å². The Kier molecular flexibility index (Phi) is 6.71. The molecule has 2 N–H and O–H groups in total. The van der Waals surface area contributed by atoms with Crippen LogP contribution in [-0.4, -0.2) is 41.9 Å². The number of nitro benzene ring substituents is 1. The van der Waals surface area contributed by atoms with Crippen molar-refractivity contribution in [3.05, 3.63) is 40.0 Å². The Morgan fingerprint density at radius 1 is 1.50 bits per heavy atom. The van der Waals surface area contributed by atoms with E-state index in [2.05, 4.69) is 10.1 Å². The Labute approximate surface area is 134 Å². The van der Waals surface area contributed by atoms with Crippen LogP contribution in [0.15, 0.2) is 24.3 Å². The van der Waals surface area contributed by atoms with Gasteiger partial charge in [-0.3, -0.25) is 10.1 Å². The van der Waals surface area contributed by atoms with Gasteiger partial charge in [0.25, 0.3) is 5.69 Å². The number of hydrogen-bond donors (Lipinski definition) is 2. The van der Waals surface area contributed by atoms with E-state index in [9.17, 15) is 28.1 Å². The molecule has 10 heteroatoms. The average molecular weight is 348 g/mol. The topological polar surface area (TPSA) is 102 Å². The SMILES string of the molecule is COC(=O)/C=C/c1ccc(NCC[C@@H](O)C(F)(F)F)c([N+](=O)[O-])c1. The lowest BCUT2D eigenvalue weighted by molar-refractivity contribution is -0.384. The number of nitrogens with one attached hydrogen (secondary N) is 1. The number of carbonyl (C=O) groups excluding carboxylic acids is 1. The van der Waals surface area contributed by atoms with E-state index >= 15 is 0 Å². The standard InChI is InChI=1S/C14H15F3N2O5/c1-24-13(21)5-3-9-2-4-10(11(8-9)19(22)23)18-7-6-12(20)14(15,16)17/h2-5,8,12,18,20H,6-7H2,1H3/b5-3+/t12-/m1/s1. The molecule has 0 heterocycles. The average Bonchev–Trinajstić information content (AvgIpc) is 2.51. The number of hydrogen-bond acceptors (Lipinski definition) is 6. The molecule has 0 unspecified atom stereocenters. The summed E-state index contributed by atoms with van der Waals surface area (Å²) in [4.78, 5) is 21.3. The summed E-state index contributed by atoms with van der Waals surface area (Å²) in [5.41, 5.74) is -0.0268. The number of nitrogens with zero attached hydrogens (tertiary/aromatic N) is 1. The zero-order valence-corrected chi connectivity index (χ0v) is 12.5. The number of benzene rings is 1. The van der Waals surface area contributed by atoms with Crippen molar-refractivity contribution in [1.29, 1.82) is 0 Å². The van der Waals surface area contributed by atoms with Gasteiger partial charge in [-0.25, -0.2) is 4.79 Å². The van der Waals surface area contributed by atoms with Gasteiger partial charge in [-0.2, -0.15) is 13.2 Å². The molecule has 0 aliphatic carbocycles. The molecule has 1 aromatic rings. The number of esters is 1. The highest BCUT2D eigenvalue weighted by Crippen LogP contribution is 2.27. The Morgan fingerprint density at radius 3 is 2.71 bits per heavy atom. The van der Waals surface area contributed by atoms with E-state index in [0.29, 0.717) is 5.56 Å². The molecule has 0 bridgehead atoms. The van der Waals surface area contributed by atoms with Gasteiger partial charge in [0.1, 0.15) is 5.69 Å². The van der Waals surface area contributed by atoms with Crippen LogP contribution in [0.4, 0.5) is 24.5 Å². The normalized spacial score (nSPS) is 12.9. The Hall–Kier alpha value is -2.62. The summed E-state index contributed by atoms with van der Waals surface area (Å²) in [6.45, 7) is -0.307. The number of rotatable bonds is 7. The fourth-order valence-corrected chi connectivity index (χ4v) is 1.69. The number of carbonyl (C=O) groups is 1. The molecular weight excluding hydrogens is 333 g/mol. The fourth-order valence-electron chi connectivity index (χ4n) is 1.69. The molecular formula is C14H15F3N2O5. The zero-order valence-electron chi connectivity index (χ0n) is 12.5. The highest BCUT2D eigenvalue weighted by Gasteiger charge is 2.37. The zero-order chi connectivity index (χ0) is 18.3. The van der Waals surface area contributed by atoms with Crippen molar-refractivity contribution < 1.29 is 32.7 Å². The molecule has 0 fully saturated rings. The summed E-state index contributed by atoms with van der Waals surface area (Å²) in [7, 11) is 1.18. The first-order chi connectivity index (χ1) is 11.1. The van der Waals surface area contributed by atoms with E-state index in [-0.39, 0.29) is 17.9 Å². The molecule has 7 nitrogen and oxygen atoms in total. The lowest BCUT2D eigenvalue weighted by Gasteiger charge is -2.15. The Bertz CT molecular complexity index is 631. The second kappa shape index (κ2) is 8.29.